The van der Waals surface area contributed by atoms with Crippen LogP contribution in [0.2, 0.25) is 0 Å². The number of thiophene rings is 1. The summed E-state index contributed by atoms with van der Waals surface area (Å²) in [7, 11) is 0. The predicted octanol–water partition coefficient (Wildman–Crippen LogP) is 15.8. The molecule has 12 aromatic rings. The number of furan rings is 2. The monoisotopic (exact) mass is 870 g/mol. The molecule has 4 aromatic heterocycles. The number of rotatable bonds is 1. The maximum absolute atomic E-state index is 6.88. The number of para-hydroxylation sites is 2. The van der Waals surface area contributed by atoms with Crippen LogP contribution in [0.15, 0.2) is 142 Å². The molecule has 4 nitrogen and oxygen atoms in total. The minimum atomic E-state index is -0.131. The second-order valence-electron chi connectivity index (χ2n) is 21.9. The van der Waals surface area contributed by atoms with Crippen molar-refractivity contribution in [3.63, 3.8) is 0 Å². The summed E-state index contributed by atoms with van der Waals surface area (Å²) in [5.74, 6) is 0. The van der Waals surface area contributed by atoms with Crippen molar-refractivity contribution in [2.24, 2.45) is 0 Å². The quantitative estimate of drug-likeness (QED) is 0.154. The van der Waals surface area contributed by atoms with E-state index in [9.17, 15) is 0 Å². The van der Waals surface area contributed by atoms with E-state index < -0.39 is 0 Å². The average molecular weight is 871 g/mol. The summed E-state index contributed by atoms with van der Waals surface area (Å²) in [5, 5.41) is 9.64. The van der Waals surface area contributed by atoms with Crippen molar-refractivity contribution < 1.29 is 8.83 Å². The molecule has 0 atom stereocenters. The first-order valence-electron chi connectivity index (χ1n) is 23.6. The summed E-state index contributed by atoms with van der Waals surface area (Å²) >= 11 is 1.96. The maximum atomic E-state index is 6.88. The van der Waals surface area contributed by atoms with Gasteiger partial charge in [-0.15, -0.1) is 11.3 Å². The number of aromatic nitrogens is 1. The van der Waals surface area contributed by atoms with E-state index in [0.717, 1.165) is 60.5 Å². The summed E-state index contributed by atoms with van der Waals surface area (Å²) < 4.78 is 18.8. The Morgan fingerprint density at radius 3 is 1.98 bits per heavy atom. The lowest BCUT2D eigenvalue weighted by molar-refractivity contribution is 0.332. The Morgan fingerprint density at radius 2 is 1.23 bits per heavy atom. The fourth-order valence-electron chi connectivity index (χ4n) is 12.6. The number of nitrogens with zero attached hydrogens (tertiary/aromatic N) is 2. The molecule has 0 saturated heterocycles. The van der Waals surface area contributed by atoms with Crippen LogP contribution >= 0.6 is 11.3 Å². The zero-order valence-corrected chi connectivity index (χ0v) is 39.1. The molecule has 15 rings (SSSR count). The largest absolute Gasteiger partial charge is 0.456 e. The summed E-state index contributed by atoms with van der Waals surface area (Å²) in [6.45, 7) is 16.6. The van der Waals surface area contributed by atoms with E-state index >= 15 is 0 Å². The third-order valence-corrected chi connectivity index (χ3v) is 17.3. The molecule has 3 aliphatic rings. The van der Waals surface area contributed by atoms with Gasteiger partial charge in [-0.05, 0) is 123 Å². The smallest absolute Gasteiger partial charge is 0.333 e. The zero-order chi connectivity index (χ0) is 44.3. The van der Waals surface area contributed by atoms with Crippen LogP contribution in [-0.4, -0.2) is 11.4 Å². The summed E-state index contributed by atoms with van der Waals surface area (Å²) in [5.41, 5.74) is 19.4. The van der Waals surface area contributed by atoms with Crippen LogP contribution in [0.5, 0.6) is 0 Å². The van der Waals surface area contributed by atoms with Gasteiger partial charge in [0, 0.05) is 75.8 Å². The molecule has 0 spiro atoms. The van der Waals surface area contributed by atoms with Crippen LogP contribution in [0.25, 0.3) is 103 Å². The topological polar surface area (TPSA) is 34.5 Å². The van der Waals surface area contributed by atoms with Gasteiger partial charge in [0.25, 0.3) is 0 Å². The fourth-order valence-corrected chi connectivity index (χ4v) is 13.7. The van der Waals surface area contributed by atoms with Crippen LogP contribution in [0.1, 0.15) is 78.0 Å². The Balaban J connectivity index is 1.11. The average Bonchev–Trinajstić information content (AvgIpc) is 4.06. The van der Waals surface area contributed by atoms with Crippen LogP contribution in [-0.2, 0) is 16.2 Å². The molecule has 0 saturated carbocycles. The molecule has 66 heavy (non-hydrogen) atoms. The second kappa shape index (κ2) is 12.2. The van der Waals surface area contributed by atoms with Gasteiger partial charge in [0.1, 0.15) is 22.3 Å². The first-order valence-corrected chi connectivity index (χ1v) is 24.5. The Morgan fingerprint density at radius 1 is 0.561 bits per heavy atom. The van der Waals surface area contributed by atoms with Crippen LogP contribution in [0.3, 0.4) is 0 Å². The van der Waals surface area contributed by atoms with Crippen molar-refractivity contribution in [3.05, 3.63) is 150 Å². The van der Waals surface area contributed by atoms with Crippen LogP contribution in [0, 0.1) is 0 Å². The van der Waals surface area contributed by atoms with Crippen molar-refractivity contribution in [1.82, 2.24) is 4.57 Å². The van der Waals surface area contributed by atoms with E-state index in [2.05, 4.69) is 191 Å². The van der Waals surface area contributed by atoms with Gasteiger partial charge in [0.15, 0.2) is 0 Å². The minimum absolute atomic E-state index is 0.0247. The highest BCUT2D eigenvalue weighted by Gasteiger charge is 2.45. The van der Waals surface area contributed by atoms with Gasteiger partial charge in [-0.25, -0.2) is 0 Å². The molecule has 318 valence electrons. The summed E-state index contributed by atoms with van der Waals surface area (Å²) in [6.07, 6.45) is 2.40. The van der Waals surface area contributed by atoms with E-state index in [1.807, 2.05) is 11.3 Å². The van der Waals surface area contributed by atoms with Gasteiger partial charge < -0.3 is 18.2 Å². The molecule has 2 aliphatic heterocycles. The normalized spacial score (nSPS) is 16.2. The highest BCUT2D eigenvalue weighted by molar-refractivity contribution is 7.25. The third-order valence-electron chi connectivity index (χ3n) is 16.2. The third kappa shape index (κ3) is 4.70. The van der Waals surface area contributed by atoms with E-state index in [-0.39, 0.29) is 23.1 Å². The number of fused-ring (bicyclic) bond motifs is 19. The first-order chi connectivity index (χ1) is 31.8. The molecule has 0 N–H and O–H groups in total. The molecule has 6 heterocycles. The molecule has 8 aromatic carbocycles. The minimum Gasteiger partial charge on any atom is -0.456 e. The van der Waals surface area contributed by atoms with Gasteiger partial charge in [-0.1, -0.05) is 115 Å². The lowest BCUT2D eigenvalue weighted by atomic mass is 9.44. The Hall–Kier alpha value is -6.76. The van der Waals surface area contributed by atoms with Gasteiger partial charge in [-0.2, -0.15) is 0 Å². The number of hydrogen-bond donors (Lipinski definition) is 0. The molecule has 0 amide bonds. The first kappa shape index (κ1) is 37.5. The number of anilines is 2. The van der Waals surface area contributed by atoms with Crippen molar-refractivity contribution in [2.45, 2.75) is 77.6 Å². The van der Waals surface area contributed by atoms with Crippen molar-refractivity contribution in [2.75, 3.05) is 4.81 Å². The van der Waals surface area contributed by atoms with E-state index in [1.54, 1.807) is 0 Å². The van der Waals surface area contributed by atoms with Gasteiger partial charge >= 0.3 is 6.85 Å². The number of hydrogen-bond acceptors (Lipinski definition) is 4. The SMILES string of the molecule is CC(C)(C)c1ccc(N2B3c4cc5c(cc4-n4c6ccc7c8ccccc8oc7c6c6ccc(c3c64)-c3cc4c(cc32)sc2cc3c(cc24)C(C)(C)CCC3(C)C)oc2ccccc25)cc1. The maximum Gasteiger partial charge on any atom is 0.333 e. The van der Waals surface area contributed by atoms with Crippen molar-refractivity contribution in [3.8, 4) is 16.8 Å². The van der Waals surface area contributed by atoms with Crippen molar-refractivity contribution in [1.29, 1.82) is 0 Å². The summed E-state index contributed by atoms with van der Waals surface area (Å²) in [4.78, 5) is 2.68. The van der Waals surface area contributed by atoms with Gasteiger partial charge in [0.05, 0.1) is 16.4 Å². The lowest BCUT2D eigenvalue weighted by Crippen LogP contribution is -2.60. The molecule has 0 radical (unpaired) electrons. The highest BCUT2D eigenvalue weighted by Crippen LogP contribution is 2.53. The van der Waals surface area contributed by atoms with Crippen LogP contribution < -0.4 is 15.7 Å². The summed E-state index contributed by atoms with van der Waals surface area (Å²) in [6, 6.07) is 50.8. The van der Waals surface area contributed by atoms with E-state index in [1.165, 1.54) is 94.0 Å². The van der Waals surface area contributed by atoms with Gasteiger partial charge in [0.2, 0.25) is 0 Å². The number of benzene rings is 8. The van der Waals surface area contributed by atoms with Crippen LogP contribution in [0.4, 0.5) is 11.4 Å². The molecular formula is C60H47BN2O2S. The fraction of sp³-hybridized carbons (Fsp3) is 0.200. The lowest BCUT2D eigenvalue weighted by Gasteiger charge is -2.42. The second-order valence-corrected chi connectivity index (χ2v) is 23.0. The standard InChI is InChI=1S/C60H47BN2O2S/c1-58(2,3)32-16-18-33(19-17-32)63-47-31-53-41(42-27-43-44(29-52(42)66-53)60(6,7)25-24-59(43,4)5)26-39(47)36-20-21-38-54-46(23-22-37-34-12-8-11-15-50(34)65-57(37)54)62-48-30-51-40(35-13-9-10-14-49(35)64-51)28-45(48)61(63)55(36)56(38)62/h8-23,26-31H,24-25H2,1-7H3. The van der Waals surface area contributed by atoms with E-state index in [4.69, 9.17) is 8.83 Å². The molecule has 0 bridgehead atoms. The Kier molecular flexibility index (Phi) is 6.91. The molecule has 0 unspecified atom stereocenters. The molecule has 1 aliphatic carbocycles. The Bertz CT molecular complexity index is 4170. The van der Waals surface area contributed by atoms with E-state index in [0.29, 0.717) is 0 Å². The van der Waals surface area contributed by atoms with Crippen molar-refractivity contribution >= 4 is 126 Å². The molecule has 6 heteroatoms. The van der Waals surface area contributed by atoms with Gasteiger partial charge in [-0.3, -0.25) is 0 Å². The molecule has 0 fully saturated rings. The zero-order valence-electron chi connectivity index (χ0n) is 38.3. The predicted molar refractivity (Wildman–Crippen MR) is 281 cm³/mol. The highest BCUT2D eigenvalue weighted by atomic mass is 32.1. The molecular weight excluding hydrogens is 824 g/mol. The Labute approximate surface area is 387 Å².